The van der Waals surface area contributed by atoms with E-state index in [-0.39, 0.29) is 6.61 Å². The molecule has 0 radical (unpaired) electrons. The predicted molar refractivity (Wildman–Crippen MR) is 53.8 cm³/mol. The molecular weight excluding hydrogens is 184 g/mol. The van der Waals surface area contributed by atoms with E-state index in [0.29, 0.717) is 0 Å². The summed E-state index contributed by atoms with van der Waals surface area (Å²) < 4.78 is 9.81. The zero-order chi connectivity index (χ0) is 11.2. The average Bonchev–Trinajstić information content (AvgIpc) is 2.00. The van der Waals surface area contributed by atoms with E-state index in [0.717, 1.165) is 6.21 Å². The summed E-state index contributed by atoms with van der Waals surface area (Å²) in [6.45, 7) is 5.61. The molecule has 0 aliphatic rings. The van der Waals surface area contributed by atoms with E-state index in [4.69, 9.17) is 14.9 Å². The molecule has 2 N–H and O–H groups in total. The van der Waals surface area contributed by atoms with Gasteiger partial charge in [-0.25, -0.2) is 4.79 Å². The lowest BCUT2D eigenvalue weighted by Crippen LogP contribution is -2.42. The van der Waals surface area contributed by atoms with Gasteiger partial charge >= 0.3 is 6.09 Å². The third-order valence-electron chi connectivity index (χ3n) is 1.25. The van der Waals surface area contributed by atoms with Crippen LogP contribution in [0.1, 0.15) is 20.8 Å². The predicted octanol–water partition coefficient (Wildman–Crippen LogP) is 1.18. The highest BCUT2D eigenvalue weighted by Crippen LogP contribution is 2.06. The number of rotatable bonds is 4. The van der Waals surface area contributed by atoms with Crippen LogP contribution in [0.4, 0.5) is 4.79 Å². The Morgan fingerprint density at radius 2 is 2.14 bits per heavy atom. The van der Waals surface area contributed by atoms with E-state index in [1.54, 1.807) is 20.8 Å². The van der Waals surface area contributed by atoms with Gasteiger partial charge in [-0.15, -0.1) is 0 Å². The van der Waals surface area contributed by atoms with Crippen molar-refractivity contribution in [3.05, 3.63) is 0 Å². The van der Waals surface area contributed by atoms with Gasteiger partial charge in [-0.2, -0.15) is 0 Å². The molecule has 5 heteroatoms. The number of ether oxygens (including phenoxy) is 2. The van der Waals surface area contributed by atoms with Crippen molar-refractivity contribution in [1.29, 1.82) is 5.41 Å². The molecule has 0 heterocycles. The van der Waals surface area contributed by atoms with Crippen molar-refractivity contribution in [2.24, 2.45) is 0 Å². The fourth-order valence-electron chi connectivity index (χ4n) is 0.770. The summed E-state index contributed by atoms with van der Waals surface area (Å²) in [4.78, 5) is 11.2. The van der Waals surface area contributed by atoms with Crippen molar-refractivity contribution in [2.45, 2.75) is 32.4 Å². The first-order valence-corrected chi connectivity index (χ1v) is 4.38. The van der Waals surface area contributed by atoms with Gasteiger partial charge < -0.3 is 20.2 Å². The van der Waals surface area contributed by atoms with Gasteiger partial charge in [-0.05, 0) is 20.8 Å². The Hall–Kier alpha value is -1.10. The number of carbonyl (C=O) groups excluding carboxylic acids is 1. The van der Waals surface area contributed by atoms with Crippen LogP contribution >= 0.6 is 0 Å². The number of hydrogen-bond acceptors (Lipinski definition) is 4. The summed E-state index contributed by atoms with van der Waals surface area (Å²) in [5, 5.41) is 9.51. The van der Waals surface area contributed by atoms with E-state index in [9.17, 15) is 4.79 Å². The van der Waals surface area contributed by atoms with Crippen LogP contribution in [0.15, 0.2) is 0 Å². The van der Waals surface area contributed by atoms with E-state index < -0.39 is 17.7 Å². The maximum Gasteiger partial charge on any atom is 0.408 e. The molecule has 0 aromatic carbocycles. The minimum atomic E-state index is -0.539. The highest BCUT2D eigenvalue weighted by atomic mass is 16.6. The van der Waals surface area contributed by atoms with Crippen LogP contribution in [0.3, 0.4) is 0 Å². The van der Waals surface area contributed by atoms with Gasteiger partial charge in [0.1, 0.15) is 5.60 Å². The first-order valence-electron chi connectivity index (χ1n) is 4.38. The third-order valence-corrected chi connectivity index (χ3v) is 1.25. The highest BCUT2D eigenvalue weighted by molar-refractivity contribution is 5.74. The molecule has 1 amide bonds. The summed E-state index contributed by atoms with van der Waals surface area (Å²) in [6.07, 6.45) is 0.566. The van der Waals surface area contributed by atoms with Gasteiger partial charge in [0.2, 0.25) is 0 Å². The number of methoxy groups -OCH3 is 1. The number of alkyl carbamates (subject to hydrolysis) is 1. The normalized spacial score (nSPS) is 13.1. The van der Waals surface area contributed by atoms with Crippen LogP contribution in [0.25, 0.3) is 0 Å². The number of hydrogen-bond donors (Lipinski definition) is 2. The SMILES string of the molecule is COC[C@@H](C=N)NC(=O)OC(C)(C)C. The number of nitrogens with one attached hydrogen (secondary N) is 2. The summed E-state index contributed by atoms with van der Waals surface area (Å²) in [5.74, 6) is 0. The van der Waals surface area contributed by atoms with Crippen molar-refractivity contribution in [3.63, 3.8) is 0 Å². The minimum absolute atomic E-state index is 0.267. The Kier molecular flexibility index (Phi) is 5.15. The standard InChI is InChI=1S/C9H18N2O3/c1-9(2,3)14-8(12)11-7(5-10)6-13-4/h5,7,10H,6H2,1-4H3,(H,11,12)/t7-/m1/s1. The zero-order valence-electron chi connectivity index (χ0n) is 9.09. The van der Waals surface area contributed by atoms with Crippen LogP contribution in [-0.4, -0.2) is 37.7 Å². The molecule has 5 nitrogen and oxygen atoms in total. The molecular formula is C9H18N2O3. The van der Waals surface area contributed by atoms with Gasteiger partial charge in [0.05, 0.1) is 12.6 Å². The van der Waals surface area contributed by atoms with Crippen molar-refractivity contribution >= 4 is 12.3 Å². The molecule has 0 aromatic heterocycles. The van der Waals surface area contributed by atoms with Crippen LogP contribution in [0.5, 0.6) is 0 Å². The molecule has 0 spiro atoms. The molecule has 0 aliphatic heterocycles. The van der Waals surface area contributed by atoms with Crippen LogP contribution in [-0.2, 0) is 9.47 Å². The summed E-state index contributed by atoms with van der Waals surface area (Å²) in [7, 11) is 1.51. The third kappa shape index (κ3) is 6.42. The lowest BCUT2D eigenvalue weighted by atomic mass is 10.2. The number of carbonyl (C=O) groups is 1. The van der Waals surface area contributed by atoms with Gasteiger partial charge in [0.15, 0.2) is 0 Å². The monoisotopic (exact) mass is 202 g/mol. The molecule has 14 heavy (non-hydrogen) atoms. The van der Waals surface area contributed by atoms with Crippen molar-refractivity contribution in [3.8, 4) is 0 Å². The van der Waals surface area contributed by atoms with Crippen LogP contribution < -0.4 is 5.32 Å². The van der Waals surface area contributed by atoms with E-state index >= 15 is 0 Å². The van der Waals surface area contributed by atoms with E-state index in [1.165, 1.54) is 7.11 Å². The summed E-state index contributed by atoms with van der Waals surface area (Å²) in [5.41, 5.74) is -0.524. The molecule has 0 aromatic rings. The second kappa shape index (κ2) is 5.59. The fourth-order valence-corrected chi connectivity index (χ4v) is 0.770. The molecule has 0 rings (SSSR count). The second-order valence-electron chi connectivity index (χ2n) is 3.87. The minimum Gasteiger partial charge on any atom is -0.444 e. The Balaban J connectivity index is 3.97. The molecule has 0 saturated carbocycles. The average molecular weight is 202 g/mol. The van der Waals surface area contributed by atoms with Crippen molar-refractivity contribution in [2.75, 3.05) is 13.7 Å². The molecule has 0 unspecified atom stereocenters. The van der Waals surface area contributed by atoms with Gasteiger partial charge in [0.25, 0.3) is 0 Å². The maximum atomic E-state index is 11.2. The van der Waals surface area contributed by atoms with Gasteiger partial charge in [0, 0.05) is 13.3 Å². The lowest BCUT2D eigenvalue weighted by molar-refractivity contribution is 0.0495. The smallest absolute Gasteiger partial charge is 0.408 e. The van der Waals surface area contributed by atoms with Gasteiger partial charge in [-0.3, -0.25) is 0 Å². The molecule has 1 atom stereocenters. The largest absolute Gasteiger partial charge is 0.444 e. The van der Waals surface area contributed by atoms with E-state index in [1.807, 2.05) is 0 Å². The Morgan fingerprint density at radius 3 is 2.50 bits per heavy atom. The van der Waals surface area contributed by atoms with Gasteiger partial charge in [-0.1, -0.05) is 0 Å². The quantitative estimate of drug-likeness (QED) is 0.672. The molecule has 0 fully saturated rings. The Labute approximate surface area is 84.3 Å². The van der Waals surface area contributed by atoms with Crippen LogP contribution in [0, 0.1) is 5.41 Å². The highest BCUT2D eigenvalue weighted by Gasteiger charge is 2.18. The Bertz CT molecular complexity index is 199. The first kappa shape index (κ1) is 12.9. The number of amides is 1. The molecule has 0 saturated heterocycles. The summed E-state index contributed by atoms with van der Waals surface area (Å²) >= 11 is 0. The van der Waals surface area contributed by atoms with Crippen molar-refractivity contribution < 1.29 is 14.3 Å². The summed E-state index contributed by atoms with van der Waals surface area (Å²) in [6, 6.07) is -0.435. The van der Waals surface area contributed by atoms with E-state index in [2.05, 4.69) is 5.32 Å². The molecule has 0 bridgehead atoms. The molecule has 82 valence electrons. The molecule has 0 aliphatic carbocycles. The van der Waals surface area contributed by atoms with Crippen LogP contribution in [0.2, 0.25) is 0 Å². The zero-order valence-corrected chi connectivity index (χ0v) is 9.09. The lowest BCUT2D eigenvalue weighted by Gasteiger charge is -2.21. The first-order chi connectivity index (χ1) is 6.39. The topological polar surface area (TPSA) is 71.4 Å². The fraction of sp³-hybridized carbons (Fsp3) is 0.778. The van der Waals surface area contributed by atoms with Crippen molar-refractivity contribution in [1.82, 2.24) is 5.32 Å². The Morgan fingerprint density at radius 1 is 1.57 bits per heavy atom. The second-order valence-corrected chi connectivity index (χ2v) is 3.87. The maximum absolute atomic E-state index is 11.2.